The summed E-state index contributed by atoms with van der Waals surface area (Å²) < 4.78 is 0. The fraction of sp³-hybridized carbons (Fsp3) is 0. The molecule has 1 aromatic carbocycles. The zero-order valence-electron chi connectivity index (χ0n) is 6.50. The van der Waals surface area contributed by atoms with Gasteiger partial charge in [0.05, 0.1) is 10.4 Å². The molecule has 1 aromatic heterocycles. The number of thiazole rings is 1. The summed E-state index contributed by atoms with van der Waals surface area (Å²) in [5, 5.41) is 1.30. The highest BCUT2D eigenvalue weighted by atomic mass is 35.5. The summed E-state index contributed by atoms with van der Waals surface area (Å²) in [7, 11) is 0. The van der Waals surface area contributed by atoms with Crippen molar-refractivity contribution in [2.75, 3.05) is 0 Å². The Kier molecular flexibility index (Phi) is 2.54. The predicted molar refractivity (Wildman–Crippen MR) is 57.6 cm³/mol. The van der Waals surface area contributed by atoms with Crippen LogP contribution in [0.15, 0.2) is 29.9 Å². The summed E-state index contributed by atoms with van der Waals surface area (Å²) in [6.45, 7) is 0. The first-order chi connectivity index (χ1) is 6.25. The van der Waals surface area contributed by atoms with Gasteiger partial charge >= 0.3 is 0 Å². The Bertz CT molecular complexity index is 391. The smallest absolute Gasteiger partial charge is 0.0797 e. The lowest BCUT2D eigenvalue weighted by Gasteiger charge is -1.98. The van der Waals surface area contributed by atoms with Crippen LogP contribution in [0.3, 0.4) is 0 Å². The van der Waals surface area contributed by atoms with Crippen LogP contribution in [-0.2, 0) is 0 Å². The molecule has 0 bridgehead atoms. The molecule has 66 valence electrons. The fourth-order valence-corrected chi connectivity index (χ4v) is 2.19. The summed E-state index contributed by atoms with van der Waals surface area (Å²) in [5.74, 6) is 0. The quantitative estimate of drug-likeness (QED) is 0.718. The average molecular weight is 230 g/mol. The van der Waals surface area contributed by atoms with Crippen molar-refractivity contribution in [3.63, 3.8) is 0 Å². The Morgan fingerprint density at radius 2 is 1.77 bits per heavy atom. The average Bonchev–Trinajstić information content (AvgIpc) is 2.53. The number of halogens is 2. The Morgan fingerprint density at radius 3 is 2.31 bits per heavy atom. The van der Waals surface area contributed by atoms with Gasteiger partial charge in [0.15, 0.2) is 0 Å². The van der Waals surface area contributed by atoms with E-state index in [4.69, 9.17) is 23.2 Å². The first-order valence-electron chi connectivity index (χ1n) is 3.60. The van der Waals surface area contributed by atoms with E-state index in [9.17, 15) is 0 Å². The van der Waals surface area contributed by atoms with E-state index in [2.05, 4.69) is 4.98 Å². The van der Waals surface area contributed by atoms with Crippen LogP contribution in [0.25, 0.3) is 10.4 Å². The zero-order valence-corrected chi connectivity index (χ0v) is 8.83. The Morgan fingerprint density at radius 1 is 1.08 bits per heavy atom. The maximum atomic E-state index is 5.87. The molecule has 0 atom stereocenters. The van der Waals surface area contributed by atoms with E-state index in [0.29, 0.717) is 10.0 Å². The number of aromatic nitrogens is 1. The second-order valence-electron chi connectivity index (χ2n) is 2.52. The molecule has 0 spiro atoms. The van der Waals surface area contributed by atoms with Gasteiger partial charge in [0.1, 0.15) is 0 Å². The lowest BCUT2D eigenvalue weighted by molar-refractivity contribution is 1.42. The molecule has 13 heavy (non-hydrogen) atoms. The molecule has 0 amide bonds. The molecular formula is C9H5Cl2NS. The van der Waals surface area contributed by atoms with Crippen LogP contribution >= 0.6 is 34.5 Å². The molecule has 0 N–H and O–H groups in total. The van der Waals surface area contributed by atoms with Gasteiger partial charge in [-0.15, -0.1) is 11.3 Å². The molecule has 0 aliphatic heterocycles. The van der Waals surface area contributed by atoms with E-state index in [0.717, 1.165) is 10.4 Å². The van der Waals surface area contributed by atoms with Gasteiger partial charge in [-0.3, -0.25) is 4.98 Å². The van der Waals surface area contributed by atoms with Crippen molar-refractivity contribution in [1.82, 2.24) is 4.98 Å². The summed E-state index contributed by atoms with van der Waals surface area (Å²) >= 11 is 13.3. The van der Waals surface area contributed by atoms with Crippen molar-refractivity contribution in [3.8, 4) is 10.4 Å². The normalized spacial score (nSPS) is 10.3. The molecule has 4 heteroatoms. The summed E-state index contributed by atoms with van der Waals surface area (Å²) in [5.41, 5.74) is 2.80. The Labute approximate surface area is 90.0 Å². The van der Waals surface area contributed by atoms with Gasteiger partial charge in [0.25, 0.3) is 0 Å². The van der Waals surface area contributed by atoms with Gasteiger partial charge in [-0.25, -0.2) is 0 Å². The maximum absolute atomic E-state index is 5.87. The highest BCUT2D eigenvalue weighted by Gasteiger charge is 2.01. The topological polar surface area (TPSA) is 12.9 Å². The fourth-order valence-electron chi connectivity index (χ4n) is 1.05. The molecular weight excluding hydrogens is 225 g/mol. The molecule has 2 aromatic rings. The predicted octanol–water partition coefficient (Wildman–Crippen LogP) is 4.12. The first-order valence-corrected chi connectivity index (χ1v) is 5.24. The molecule has 0 aliphatic carbocycles. The standard InChI is InChI=1S/C9H5Cl2NS/c10-7-1-6(2-8(11)3-7)9-4-12-5-13-9/h1-5H. The molecule has 0 saturated heterocycles. The second-order valence-corrected chi connectivity index (χ2v) is 4.28. The third kappa shape index (κ3) is 2.02. The van der Waals surface area contributed by atoms with Crippen LogP contribution in [0.5, 0.6) is 0 Å². The van der Waals surface area contributed by atoms with E-state index in [1.165, 1.54) is 0 Å². The van der Waals surface area contributed by atoms with Crippen molar-refractivity contribution in [1.29, 1.82) is 0 Å². The lowest BCUT2D eigenvalue weighted by atomic mass is 10.2. The molecule has 0 radical (unpaired) electrons. The van der Waals surface area contributed by atoms with E-state index >= 15 is 0 Å². The highest BCUT2D eigenvalue weighted by molar-refractivity contribution is 7.13. The van der Waals surface area contributed by atoms with E-state index in [1.807, 2.05) is 12.1 Å². The van der Waals surface area contributed by atoms with Crippen molar-refractivity contribution >= 4 is 34.5 Å². The van der Waals surface area contributed by atoms with Gasteiger partial charge in [0.2, 0.25) is 0 Å². The van der Waals surface area contributed by atoms with Crippen LogP contribution in [0.4, 0.5) is 0 Å². The second kappa shape index (κ2) is 3.66. The first kappa shape index (κ1) is 9.00. The van der Waals surface area contributed by atoms with Crippen LogP contribution in [0.2, 0.25) is 10.0 Å². The third-order valence-corrected chi connectivity index (χ3v) is 2.84. The van der Waals surface area contributed by atoms with Crippen LogP contribution in [0.1, 0.15) is 0 Å². The molecule has 1 nitrogen and oxygen atoms in total. The minimum absolute atomic E-state index is 0.649. The SMILES string of the molecule is Clc1cc(Cl)cc(-c2cncs2)c1. The maximum Gasteiger partial charge on any atom is 0.0797 e. The van der Waals surface area contributed by atoms with Crippen LogP contribution in [0, 0.1) is 0 Å². The number of nitrogens with zero attached hydrogens (tertiary/aromatic N) is 1. The number of hydrogen-bond donors (Lipinski definition) is 0. The molecule has 1 heterocycles. The highest BCUT2D eigenvalue weighted by Crippen LogP contribution is 2.29. The molecule has 0 aliphatic rings. The van der Waals surface area contributed by atoms with Gasteiger partial charge < -0.3 is 0 Å². The summed E-state index contributed by atoms with van der Waals surface area (Å²) in [6, 6.07) is 5.47. The van der Waals surface area contributed by atoms with Crippen LogP contribution in [-0.4, -0.2) is 4.98 Å². The largest absolute Gasteiger partial charge is 0.252 e. The van der Waals surface area contributed by atoms with Crippen molar-refractivity contribution in [2.45, 2.75) is 0 Å². The number of benzene rings is 1. The Hall–Kier alpha value is -0.570. The number of rotatable bonds is 1. The Balaban J connectivity index is 2.53. The van der Waals surface area contributed by atoms with E-state index in [-0.39, 0.29) is 0 Å². The minimum Gasteiger partial charge on any atom is -0.252 e. The molecule has 0 unspecified atom stereocenters. The van der Waals surface area contributed by atoms with Gasteiger partial charge in [-0.2, -0.15) is 0 Å². The summed E-state index contributed by atoms with van der Waals surface area (Å²) in [6.07, 6.45) is 1.80. The van der Waals surface area contributed by atoms with Crippen LogP contribution < -0.4 is 0 Å². The lowest BCUT2D eigenvalue weighted by Crippen LogP contribution is -1.73. The monoisotopic (exact) mass is 229 g/mol. The summed E-state index contributed by atoms with van der Waals surface area (Å²) in [4.78, 5) is 5.06. The van der Waals surface area contributed by atoms with E-state index in [1.54, 1.807) is 29.1 Å². The van der Waals surface area contributed by atoms with Crippen molar-refractivity contribution in [3.05, 3.63) is 40.0 Å². The third-order valence-electron chi connectivity index (χ3n) is 1.58. The van der Waals surface area contributed by atoms with Crippen molar-refractivity contribution in [2.24, 2.45) is 0 Å². The molecule has 0 saturated carbocycles. The zero-order chi connectivity index (χ0) is 9.26. The van der Waals surface area contributed by atoms with Crippen molar-refractivity contribution < 1.29 is 0 Å². The van der Waals surface area contributed by atoms with Gasteiger partial charge in [-0.05, 0) is 23.8 Å². The number of hydrogen-bond acceptors (Lipinski definition) is 2. The van der Waals surface area contributed by atoms with E-state index < -0.39 is 0 Å². The molecule has 0 fully saturated rings. The minimum atomic E-state index is 0.649. The molecule has 2 rings (SSSR count). The van der Waals surface area contributed by atoms with Gasteiger partial charge in [0, 0.05) is 16.2 Å². The van der Waals surface area contributed by atoms with Gasteiger partial charge in [-0.1, -0.05) is 23.2 Å².